The Morgan fingerprint density at radius 3 is 2.86 bits per heavy atom. The lowest BCUT2D eigenvalue weighted by molar-refractivity contribution is -0.147. The van der Waals surface area contributed by atoms with Crippen molar-refractivity contribution < 1.29 is 9.53 Å². The molecule has 0 aromatic heterocycles. The van der Waals surface area contributed by atoms with Crippen LogP contribution in [0, 0.1) is 11.8 Å². The van der Waals surface area contributed by atoms with Gasteiger partial charge in [0.25, 0.3) is 0 Å². The van der Waals surface area contributed by atoms with Gasteiger partial charge in [-0.2, -0.15) is 0 Å². The second-order valence-electron chi connectivity index (χ2n) is 3.59. The first-order valence-corrected chi connectivity index (χ1v) is 5.17. The molecule has 0 aliphatic heterocycles. The molecule has 1 rings (SSSR count). The molecule has 0 aromatic rings. The molecule has 2 nitrogen and oxygen atoms in total. The van der Waals surface area contributed by atoms with Gasteiger partial charge in [-0.1, -0.05) is 17.7 Å². The molecule has 1 fully saturated rings. The monoisotopic (exact) mass is 194 g/mol. The minimum atomic E-state index is -0.0591. The van der Waals surface area contributed by atoms with Gasteiger partial charge in [-0.15, -0.1) is 6.58 Å². The van der Waals surface area contributed by atoms with Gasteiger partial charge in [-0.25, -0.2) is 0 Å². The Bertz CT molecular complexity index is 253. The predicted molar refractivity (Wildman–Crippen MR) is 56.8 cm³/mol. The summed E-state index contributed by atoms with van der Waals surface area (Å²) in [5, 5.41) is 0. The highest BCUT2D eigenvalue weighted by Gasteiger charge is 2.32. The van der Waals surface area contributed by atoms with Crippen LogP contribution < -0.4 is 0 Å². The van der Waals surface area contributed by atoms with Crippen molar-refractivity contribution in [3.8, 4) is 0 Å². The Morgan fingerprint density at radius 2 is 2.43 bits per heavy atom. The maximum absolute atomic E-state index is 11.5. The summed E-state index contributed by atoms with van der Waals surface area (Å²) in [5.74, 6) is 0.356. The van der Waals surface area contributed by atoms with Crippen LogP contribution in [0.2, 0.25) is 0 Å². The molecule has 14 heavy (non-hydrogen) atoms. The SMILES string of the molecule is C=CC1C[C@H](C(=O)OCC)C/C1=C\C. The Morgan fingerprint density at radius 1 is 1.71 bits per heavy atom. The maximum Gasteiger partial charge on any atom is 0.309 e. The summed E-state index contributed by atoms with van der Waals surface area (Å²) in [6.07, 6.45) is 5.72. The van der Waals surface area contributed by atoms with Crippen molar-refractivity contribution in [3.05, 3.63) is 24.3 Å². The van der Waals surface area contributed by atoms with Crippen molar-refractivity contribution in [1.82, 2.24) is 0 Å². The fourth-order valence-electron chi connectivity index (χ4n) is 2.00. The predicted octanol–water partition coefficient (Wildman–Crippen LogP) is 2.71. The Labute approximate surface area is 85.6 Å². The first-order valence-electron chi connectivity index (χ1n) is 5.17. The number of carbonyl (C=O) groups excluding carboxylic acids is 1. The molecule has 1 aliphatic carbocycles. The summed E-state index contributed by atoms with van der Waals surface area (Å²) in [6.45, 7) is 8.11. The topological polar surface area (TPSA) is 26.3 Å². The fraction of sp³-hybridized carbons (Fsp3) is 0.583. The van der Waals surface area contributed by atoms with Gasteiger partial charge in [0.1, 0.15) is 0 Å². The van der Waals surface area contributed by atoms with E-state index in [0.29, 0.717) is 12.5 Å². The van der Waals surface area contributed by atoms with E-state index in [2.05, 4.69) is 12.7 Å². The van der Waals surface area contributed by atoms with Gasteiger partial charge < -0.3 is 4.74 Å². The van der Waals surface area contributed by atoms with Gasteiger partial charge in [0.2, 0.25) is 0 Å². The van der Waals surface area contributed by atoms with Gasteiger partial charge in [0, 0.05) is 0 Å². The van der Waals surface area contributed by atoms with Gasteiger partial charge in [-0.05, 0) is 32.6 Å². The molecule has 0 heterocycles. The molecule has 0 radical (unpaired) electrons. The molecular formula is C12H18O2. The molecule has 0 bridgehead atoms. The normalized spacial score (nSPS) is 29.1. The molecule has 1 aliphatic rings. The summed E-state index contributed by atoms with van der Waals surface area (Å²) in [4.78, 5) is 11.5. The second-order valence-corrected chi connectivity index (χ2v) is 3.59. The van der Waals surface area contributed by atoms with Crippen molar-refractivity contribution >= 4 is 5.97 Å². The number of allylic oxidation sites excluding steroid dienone is 3. The number of rotatable bonds is 3. The molecule has 1 unspecified atom stereocenters. The minimum Gasteiger partial charge on any atom is -0.466 e. The molecular weight excluding hydrogens is 176 g/mol. The standard InChI is InChI=1S/C12H18O2/c1-4-9-7-11(8-10(9)5-2)12(13)14-6-3/h4-5,9,11H,1,6-8H2,2-3H3/b10-5+/t9?,11-/m0/s1. The number of ether oxygens (including phenoxy) is 1. The van der Waals surface area contributed by atoms with Crippen LogP contribution in [0.5, 0.6) is 0 Å². The summed E-state index contributed by atoms with van der Waals surface area (Å²) in [5.41, 5.74) is 1.32. The van der Waals surface area contributed by atoms with Crippen LogP contribution in [0.3, 0.4) is 0 Å². The van der Waals surface area contributed by atoms with Crippen molar-refractivity contribution in [2.24, 2.45) is 11.8 Å². The van der Waals surface area contributed by atoms with Crippen LogP contribution >= 0.6 is 0 Å². The second kappa shape index (κ2) is 4.99. The van der Waals surface area contributed by atoms with Crippen molar-refractivity contribution in [3.63, 3.8) is 0 Å². The highest BCUT2D eigenvalue weighted by Crippen LogP contribution is 2.37. The van der Waals surface area contributed by atoms with E-state index in [1.54, 1.807) is 0 Å². The van der Waals surface area contributed by atoms with Gasteiger partial charge >= 0.3 is 5.97 Å². The maximum atomic E-state index is 11.5. The number of esters is 1. The fourth-order valence-corrected chi connectivity index (χ4v) is 2.00. The highest BCUT2D eigenvalue weighted by molar-refractivity contribution is 5.73. The van der Waals surface area contributed by atoms with Crippen LogP contribution in [-0.2, 0) is 9.53 Å². The third kappa shape index (κ3) is 2.25. The average Bonchev–Trinajstić information content (AvgIpc) is 2.61. The molecule has 0 N–H and O–H groups in total. The Kier molecular flexibility index (Phi) is 3.93. The van der Waals surface area contributed by atoms with Crippen LogP contribution in [0.4, 0.5) is 0 Å². The van der Waals surface area contributed by atoms with E-state index >= 15 is 0 Å². The molecule has 0 aromatic carbocycles. The summed E-state index contributed by atoms with van der Waals surface area (Å²) < 4.78 is 5.01. The molecule has 2 heteroatoms. The molecule has 0 amide bonds. The highest BCUT2D eigenvalue weighted by atomic mass is 16.5. The van der Waals surface area contributed by atoms with Gasteiger partial charge in [0.15, 0.2) is 0 Å². The van der Waals surface area contributed by atoms with Crippen LogP contribution in [-0.4, -0.2) is 12.6 Å². The van der Waals surface area contributed by atoms with E-state index in [1.165, 1.54) is 5.57 Å². The average molecular weight is 194 g/mol. The van der Waals surface area contributed by atoms with Crippen molar-refractivity contribution in [2.75, 3.05) is 6.61 Å². The lowest BCUT2D eigenvalue weighted by Gasteiger charge is -2.07. The summed E-state index contributed by atoms with van der Waals surface area (Å²) in [6, 6.07) is 0. The number of hydrogen-bond acceptors (Lipinski definition) is 2. The Hall–Kier alpha value is -1.05. The zero-order valence-corrected chi connectivity index (χ0v) is 8.95. The van der Waals surface area contributed by atoms with Crippen molar-refractivity contribution in [2.45, 2.75) is 26.7 Å². The van der Waals surface area contributed by atoms with Crippen LogP contribution in [0.25, 0.3) is 0 Å². The lowest BCUT2D eigenvalue weighted by atomic mass is 10.0. The molecule has 78 valence electrons. The minimum absolute atomic E-state index is 0.0455. The van der Waals surface area contributed by atoms with Crippen molar-refractivity contribution in [1.29, 1.82) is 0 Å². The van der Waals surface area contributed by atoms with E-state index in [0.717, 1.165) is 12.8 Å². The number of carbonyl (C=O) groups is 1. The van der Waals surface area contributed by atoms with Crippen LogP contribution in [0.1, 0.15) is 26.7 Å². The molecule has 2 atom stereocenters. The van der Waals surface area contributed by atoms with Crippen LogP contribution in [0.15, 0.2) is 24.3 Å². The third-order valence-corrected chi connectivity index (χ3v) is 2.77. The summed E-state index contributed by atoms with van der Waals surface area (Å²) in [7, 11) is 0. The smallest absolute Gasteiger partial charge is 0.309 e. The third-order valence-electron chi connectivity index (χ3n) is 2.77. The van der Waals surface area contributed by atoms with Gasteiger partial charge in [0.05, 0.1) is 12.5 Å². The van der Waals surface area contributed by atoms with E-state index in [9.17, 15) is 4.79 Å². The molecule has 0 saturated heterocycles. The van der Waals surface area contributed by atoms with E-state index in [-0.39, 0.29) is 11.9 Å². The summed E-state index contributed by atoms with van der Waals surface area (Å²) >= 11 is 0. The first-order chi connectivity index (χ1) is 6.72. The molecule has 0 spiro atoms. The van der Waals surface area contributed by atoms with E-state index in [1.807, 2.05) is 19.9 Å². The largest absolute Gasteiger partial charge is 0.466 e. The Balaban J connectivity index is 2.61. The zero-order chi connectivity index (χ0) is 10.6. The first kappa shape index (κ1) is 11.0. The quantitative estimate of drug-likeness (QED) is 0.510. The van der Waals surface area contributed by atoms with E-state index < -0.39 is 0 Å². The molecule has 1 saturated carbocycles. The number of hydrogen-bond donors (Lipinski definition) is 0. The lowest BCUT2D eigenvalue weighted by Crippen LogP contribution is -2.14. The van der Waals surface area contributed by atoms with E-state index in [4.69, 9.17) is 4.74 Å². The zero-order valence-electron chi connectivity index (χ0n) is 8.95. The van der Waals surface area contributed by atoms with Gasteiger partial charge in [-0.3, -0.25) is 4.79 Å².